The Kier molecular flexibility index (Phi) is 16.0. The third kappa shape index (κ3) is 12.8. The molecule has 0 aliphatic rings. The first-order valence-corrected chi connectivity index (χ1v) is 13.3. The zero-order chi connectivity index (χ0) is 24.6. The number of ether oxygens (including phenoxy) is 2. The zero-order valence-corrected chi connectivity index (χ0v) is 22.7. The second-order valence-corrected chi connectivity index (χ2v) is 10.9. The second-order valence-electron chi connectivity index (χ2n) is 10.9. The first-order valence-electron chi connectivity index (χ1n) is 13.3. The predicted molar refractivity (Wildman–Crippen MR) is 135 cm³/mol. The number of hydrogen-bond acceptors (Lipinski definition) is 4. The van der Waals surface area contributed by atoms with Crippen LogP contribution in [0.25, 0.3) is 0 Å². The van der Waals surface area contributed by atoms with Crippen LogP contribution in [-0.4, -0.2) is 25.2 Å². The van der Waals surface area contributed by atoms with E-state index in [0.29, 0.717) is 37.9 Å². The van der Waals surface area contributed by atoms with E-state index in [1.807, 2.05) is 0 Å². The molecule has 0 aliphatic heterocycles. The standard InChI is InChI=1S/C28H54O4/c1-9-23(10-2)27(5,6)21-31-25(29)19-17-15-13-14-16-18-20-26(30)32-22-28(7,8)24(11-3)12-4/h23-24H,9-22H2,1-8H3. The van der Waals surface area contributed by atoms with E-state index in [1.165, 1.54) is 0 Å². The maximum absolute atomic E-state index is 12.0. The molecule has 0 radical (unpaired) electrons. The molecule has 0 aromatic heterocycles. The van der Waals surface area contributed by atoms with Crippen molar-refractivity contribution in [2.45, 2.75) is 132 Å². The number of rotatable bonds is 19. The fourth-order valence-corrected chi connectivity index (χ4v) is 4.95. The van der Waals surface area contributed by atoms with E-state index in [2.05, 4.69) is 55.4 Å². The minimum absolute atomic E-state index is 0.0454. The molecule has 0 heterocycles. The van der Waals surface area contributed by atoms with Crippen LogP contribution in [0.15, 0.2) is 0 Å². The summed E-state index contributed by atoms with van der Waals surface area (Å²) in [6.45, 7) is 18.6. The van der Waals surface area contributed by atoms with Crippen LogP contribution < -0.4 is 0 Å². The zero-order valence-electron chi connectivity index (χ0n) is 22.7. The lowest BCUT2D eigenvalue weighted by molar-refractivity contribution is -0.149. The molecule has 0 spiro atoms. The van der Waals surface area contributed by atoms with Gasteiger partial charge in [0.05, 0.1) is 13.2 Å². The van der Waals surface area contributed by atoms with Gasteiger partial charge in [0.2, 0.25) is 0 Å². The average Bonchev–Trinajstić information content (AvgIpc) is 2.74. The van der Waals surface area contributed by atoms with E-state index in [4.69, 9.17) is 9.47 Å². The molecule has 0 bridgehead atoms. The minimum Gasteiger partial charge on any atom is -0.465 e. The monoisotopic (exact) mass is 454 g/mol. The normalized spacial score (nSPS) is 12.4. The fraction of sp³-hybridized carbons (Fsp3) is 0.929. The van der Waals surface area contributed by atoms with Gasteiger partial charge in [0.25, 0.3) is 0 Å². The van der Waals surface area contributed by atoms with Crippen molar-refractivity contribution in [1.29, 1.82) is 0 Å². The summed E-state index contributed by atoms with van der Waals surface area (Å²) in [5, 5.41) is 0. The van der Waals surface area contributed by atoms with Crippen molar-refractivity contribution in [2.75, 3.05) is 13.2 Å². The Balaban J connectivity index is 3.80. The summed E-state index contributed by atoms with van der Waals surface area (Å²) in [6, 6.07) is 0. The summed E-state index contributed by atoms with van der Waals surface area (Å²) in [5.41, 5.74) is 0.0908. The van der Waals surface area contributed by atoms with E-state index in [0.717, 1.165) is 64.2 Å². The smallest absolute Gasteiger partial charge is 0.305 e. The van der Waals surface area contributed by atoms with Crippen LogP contribution in [0.4, 0.5) is 0 Å². The minimum atomic E-state index is -0.0666. The summed E-state index contributed by atoms with van der Waals surface area (Å²) < 4.78 is 11.1. The van der Waals surface area contributed by atoms with E-state index in [9.17, 15) is 9.59 Å². The molecule has 0 fully saturated rings. The van der Waals surface area contributed by atoms with Crippen LogP contribution in [0.2, 0.25) is 0 Å². The molecular formula is C28H54O4. The molecule has 0 saturated carbocycles. The van der Waals surface area contributed by atoms with E-state index < -0.39 is 0 Å². The molecule has 0 aliphatic carbocycles. The molecule has 4 nitrogen and oxygen atoms in total. The van der Waals surface area contributed by atoms with E-state index >= 15 is 0 Å². The average molecular weight is 455 g/mol. The molecule has 0 N–H and O–H groups in total. The Bertz CT molecular complexity index is 456. The van der Waals surface area contributed by atoms with E-state index in [1.54, 1.807) is 0 Å². The molecule has 0 aromatic carbocycles. The Morgan fingerprint density at radius 3 is 1.12 bits per heavy atom. The Hall–Kier alpha value is -1.06. The maximum Gasteiger partial charge on any atom is 0.305 e. The Labute approximate surface area is 199 Å². The number of esters is 2. The summed E-state index contributed by atoms with van der Waals surface area (Å²) >= 11 is 0. The van der Waals surface area contributed by atoms with Crippen molar-refractivity contribution in [3.63, 3.8) is 0 Å². The third-order valence-electron chi connectivity index (χ3n) is 7.40. The Morgan fingerprint density at radius 2 is 0.844 bits per heavy atom. The number of unbranched alkanes of at least 4 members (excludes halogenated alkanes) is 5. The van der Waals surface area contributed by atoms with Gasteiger partial charge >= 0.3 is 11.9 Å². The number of carbonyl (C=O) groups is 2. The van der Waals surface area contributed by atoms with Crippen LogP contribution in [0.1, 0.15) is 132 Å². The molecule has 0 rings (SSSR count). The van der Waals surface area contributed by atoms with Crippen LogP contribution >= 0.6 is 0 Å². The molecule has 0 amide bonds. The molecule has 190 valence electrons. The van der Waals surface area contributed by atoms with Gasteiger partial charge in [-0.2, -0.15) is 0 Å². The second kappa shape index (κ2) is 16.5. The SMILES string of the molecule is CCC(CC)C(C)(C)COC(=O)CCCCCCCCC(=O)OCC(C)(C)C(CC)CC. The highest BCUT2D eigenvalue weighted by Crippen LogP contribution is 2.33. The highest BCUT2D eigenvalue weighted by Gasteiger charge is 2.29. The van der Waals surface area contributed by atoms with Crippen molar-refractivity contribution in [3.05, 3.63) is 0 Å². The summed E-state index contributed by atoms with van der Waals surface area (Å²) in [6.07, 6.45) is 11.6. The highest BCUT2D eigenvalue weighted by atomic mass is 16.5. The topological polar surface area (TPSA) is 52.6 Å². The van der Waals surface area contributed by atoms with Crippen molar-refractivity contribution in [3.8, 4) is 0 Å². The van der Waals surface area contributed by atoms with Crippen LogP contribution in [-0.2, 0) is 19.1 Å². The fourth-order valence-electron chi connectivity index (χ4n) is 4.95. The lowest BCUT2D eigenvalue weighted by atomic mass is 9.76. The molecule has 0 atom stereocenters. The predicted octanol–water partition coefficient (Wildman–Crippen LogP) is 8.12. The van der Waals surface area contributed by atoms with Gasteiger partial charge in [-0.25, -0.2) is 0 Å². The van der Waals surface area contributed by atoms with Crippen molar-refractivity contribution in [2.24, 2.45) is 22.7 Å². The highest BCUT2D eigenvalue weighted by molar-refractivity contribution is 5.69. The lowest BCUT2D eigenvalue weighted by Crippen LogP contribution is -2.30. The van der Waals surface area contributed by atoms with Crippen molar-refractivity contribution < 1.29 is 19.1 Å². The molecule has 0 aromatic rings. The van der Waals surface area contributed by atoms with Gasteiger partial charge in [0.15, 0.2) is 0 Å². The number of hydrogen-bond donors (Lipinski definition) is 0. The number of carbonyl (C=O) groups excluding carboxylic acids is 2. The summed E-state index contributed by atoms with van der Waals surface area (Å²) in [5.74, 6) is 1.04. The van der Waals surface area contributed by atoms with Gasteiger partial charge in [-0.05, 0) is 24.7 Å². The summed E-state index contributed by atoms with van der Waals surface area (Å²) in [7, 11) is 0. The quantitative estimate of drug-likeness (QED) is 0.146. The van der Waals surface area contributed by atoms with Crippen molar-refractivity contribution in [1.82, 2.24) is 0 Å². The van der Waals surface area contributed by atoms with Gasteiger partial charge in [-0.1, -0.05) is 107 Å². The van der Waals surface area contributed by atoms with Crippen LogP contribution in [0.5, 0.6) is 0 Å². The van der Waals surface area contributed by atoms with Crippen LogP contribution in [0, 0.1) is 22.7 Å². The van der Waals surface area contributed by atoms with Crippen molar-refractivity contribution >= 4 is 11.9 Å². The molecular weight excluding hydrogens is 400 g/mol. The third-order valence-corrected chi connectivity index (χ3v) is 7.40. The Morgan fingerprint density at radius 1 is 0.562 bits per heavy atom. The maximum atomic E-state index is 12.0. The molecule has 0 unspecified atom stereocenters. The first kappa shape index (κ1) is 30.9. The van der Waals surface area contributed by atoms with Gasteiger partial charge in [-0.15, -0.1) is 0 Å². The molecule has 4 heteroatoms. The van der Waals surface area contributed by atoms with Gasteiger partial charge in [0.1, 0.15) is 0 Å². The largest absolute Gasteiger partial charge is 0.465 e. The molecule has 32 heavy (non-hydrogen) atoms. The van der Waals surface area contributed by atoms with Gasteiger partial charge < -0.3 is 9.47 Å². The van der Waals surface area contributed by atoms with Crippen LogP contribution in [0.3, 0.4) is 0 Å². The van der Waals surface area contributed by atoms with Gasteiger partial charge in [-0.3, -0.25) is 9.59 Å². The first-order chi connectivity index (χ1) is 15.0. The van der Waals surface area contributed by atoms with Gasteiger partial charge in [0, 0.05) is 23.7 Å². The van der Waals surface area contributed by atoms with E-state index in [-0.39, 0.29) is 22.8 Å². The summed E-state index contributed by atoms with van der Waals surface area (Å²) in [4.78, 5) is 24.1. The lowest BCUT2D eigenvalue weighted by Gasteiger charge is -2.32. The molecule has 0 saturated heterocycles.